The minimum atomic E-state index is -0.257. The van der Waals surface area contributed by atoms with Gasteiger partial charge in [-0.25, -0.2) is 4.39 Å². The van der Waals surface area contributed by atoms with E-state index >= 15 is 0 Å². The Morgan fingerprint density at radius 1 is 1.44 bits per heavy atom. The van der Waals surface area contributed by atoms with Crippen molar-refractivity contribution in [3.8, 4) is 0 Å². The van der Waals surface area contributed by atoms with Crippen LogP contribution in [0.5, 0.6) is 0 Å². The van der Waals surface area contributed by atoms with Crippen molar-refractivity contribution in [1.29, 1.82) is 0 Å². The normalized spacial score (nSPS) is 14.6. The van der Waals surface area contributed by atoms with Crippen LogP contribution < -0.4 is 10.6 Å². The van der Waals surface area contributed by atoms with Crippen LogP contribution in [0.15, 0.2) is 23.1 Å². The van der Waals surface area contributed by atoms with Crippen LogP contribution in [0.1, 0.15) is 18.4 Å². The van der Waals surface area contributed by atoms with Gasteiger partial charge < -0.3 is 10.6 Å². The minimum absolute atomic E-state index is 0.0296. The SMILES string of the molecule is CNCc1cc(F)cc(SCC(=O)NC2CC2)c1. The van der Waals surface area contributed by atoms with Gasteiger partial charge in [0.05, 0.1) is 5.75 Å². The van der Waals surface area contributed by atoms with Crippen molar-refractivity contribution >= 4 is 17.7 Å². The number of amides is 1. The Morgan fingerprint density at radius 3 is 2.89 bits per heavy atom. The predicted molar refractivity (Wildman–Crippen MR) is 71.1 cm³/mol. The van der Waals surface area contributed by atoms with Crippen LogP contribution in [-0.2, 0) is 11.3 Å². The fourth-order valence-electron chi connectivity index (χ4n) is 1.66. The number of nitrogens with one attached hydrogen (secondary N) is 2. The van der Waals surface area contributed by atoms with E-state index in [1.807, 2.05) is 13.1 Å². The van der Waals surface area contributed by atoms with Crippen molar-refractivity contribution in [3.63, 3.8) is 0 Å². The molecule has 0 spiro atoms. The second-order valence-corrected chi connectivity index (χ2v) is 5.50. The molecule has 0 atom stereocenters. The highest BCUT2D eigenvalue weighted by atomic mass is 32.2. The van der Waals surface area contributed by atoms with Gasteiger partial charge in [0, 0.05) is 17.5 Å². The van der Waals surface area contributed by atoms with Crippen molar-refractivity contribution in [3.05, 3.63) is 29.6 Å². The van der Waals surface area contributed by atoms with Gasteiger partial charge in [-0.3, -0.25) is 4.79 Å². The summed E-state index contributed by atoms with van der Waals surface area (Å²) in [5, 5.41) is 5.90. The Kier molecular flexibility index (Phi) is 4.60. The lowest BCUT2D eigenvalue weighted by Crippen LogP contribution is -2.26. The molecule has 0 radical (unpaired) electrons. The van der Waals surface area contributed by atoms with Crippen molar-refractivity contribution in [1.82, 2.24) is 10.6 Å². The number of rotatable bonds is 6. The molecule has 0 aliphatic heterocycles. The molecule has 1 aromatic rings. The Bertz CT molecular complexity index is 435. The Balaban J connectivity index is 1.88. The first kappa shape index (κ1) is 13.4. The third-order valence-corrected chi connectivity index (χ3v) is 3.60. The van der Waals surface area contributed by atoms with Gasteiger partial charge >= 0.3 is 0 Å². The number of carbonyl (C=O) groups is 1. The molecule has 2 N–H and O–H groups in total. The third-order valence-electron chi connectivity index (χ3n) is 2.62. The Labute approximate surface area is 111 Å². The second-order valence-electron chi connectivity index (χ2n) is 4.46. The van der Waals surface area contributed by atoms with Crippen LogP contribution in [0, 0.1) is 5.82 Å². The highest BCUT2D eigenvalue weighted by Crippen LogP contribution is 2.22. The third kappa shape index (κ3) is 4.31. The van der Waals surface area contributed by atoms with Gasteiger partial charge in [-0.2, -0.15) is 0 Å². The number of carbonyl (C=O) groups excluding carboxylic acids is 1. The molecule has 2 rings (SSSR count). The summed E-state index contributed by atoms with van der Waals surface area (Å²) in [4.78, 5) is 12.3. The standard InChI is InChI=1S/C13H17FN2OS/c1-15-7-9-4-10(14)6-12(5-9)18-8-13(17)16-11-2-3-11/h4-6,11,15H,2-3,7-8H2,1H3,(H,16,17). The Hall–Kier alpha value is -1.07. The summed E-state index contributed by atoms with van der Waals surface area (Å²) in [6, 6.07) is 5.26. The molecular formula is C13H17FN2OS. The van der Waals surface area contributed by atoms with Crippen molar-refractivity contribution in [2.45, 2.75) is 30.3 Å². The molecule has 1 fully saturated rings. The molecule has 5 heteroatoms. The van der Waals surface area contributed by atoms with E-state index < -0.39 is 0 Å². The van der Waals surface area contributed by atoms with E-state index in [4.69, 9.17) is 0 Å². The number of thioether (sulfide) groups is 1. The van der Waals surface area contributed by atoms with Crippen molar-refractivity contribution in [2.24, 2.45) is 0 Å². The molecule has 0 heterocycles. The molecule has 0 bridgehead atoms. The zero-order valence-electron chi connectivity index (χ0n) is 10.3. The van der Waals surface area contributed by atoms with E-state index in [1.165, 1.54) is 23.9 Å². The first-order valence-corrected chi connectivity index (χ1v) is 7.02. The predicted octanol–water partition coefficient (Wildman–Crippen LogP) is 1.92. The Morgan fingerprint density at radius 2 is 2.22 bits per heavy atom. The van der Waals surface area contributed by atoms with Gasteiger partial charge in [-0.1, -0.05) is 0 Å². The zero-order chi connectivity index (χ0) is 13.0. The lowest BCUT2D eigenvalue weighted by Gasteiger charge is -2.06. The van der Waals surface area contributed by atoms with Crippen LogP contribution in [0.4, 0.5) is 4.39 Å². The molecule has 18 heavy (non-hydrogen) atoms. The zero-order valence-corrected chi connectivity index (χ0v) is 11.1. The highest BCUT2D eigenvalue weighted by Gasteiger charge is 2.22. The van der Waals surface area contributed by atoms with Crippen LogP contribution in [0.3, 0.4) is 0 Å². The fraction of sp³-hybridized carbons (Fsp3) is 0.462. The summed E-state index contributed by atoms with van der Waals surface area (Å²) >= 11 is 1.37. The second kappa shape index (κ2) is 6.20. The first-order chi connectivity index (χ1) is 8.67. The largest absolute Gasteiger partial charge is 0.353 e. The van der Waals surface area contributed by atoms with E-state index in [1.54, 1.807) is 0 Å². The molecule has 98 valence electrons. The molecule has 1 amide bonds. The molecule has 1 aliphatic rings. The quantitative estimate of drug-likeness (QED) is 0.774. The van der Waals surface area contributed by atoms with E-state index in [0.29, 0.717) is 18.3 Å². The summed E-state index contributed by atoms with van der Waals surface area (Å²) < 4.78 is 13.4. The van der Waals surface area contributed by atoms with Gasteiger partial charge in [0.15, 0.2) is 0 Å². The van der Waals surface area contributed by atoms with Crippen LogP contribution >= 0.6 is 11.8 Å². The lowest BCUT2D eigenvalue weighted by atomic mass is 10.2. The summed E-state index contributed by atoms with van der Waals surface area (Å²) in [5.41, 5.74) is 0.891. The van der Waals surface area contributed by atoms with Gasteiger partial charge in [-0.05, 0) is 43.7 Å². The maximum absolute atomic E-state index is 13.4. The number of halogens is 1. The lowest BCUT2D eigenvalue weighted by molar-refractivity contribution is -0.118. The molecule has 0 aromatic heterocycles. The van der Waals surface area contributed by atoms with E-state index in [2.05, 4.69) is 10.6 Å². The van der Waals surface area contributed by atoms with Crippen molar-refractivity contribution in [2.75, 3.05) is 12.8 Å². The number of hydrogen-bond donors (Lipinski definition) is 2. The highest BCUT2D eigenvalue weighted by molar-refractivity contribution is 8.00. The molecular weight excluding hydrogens is 251 g/mol. The summed E-state index contributed by atoms with van der Waals surface area (Å²) in [7, 11) is 1.82. The number of hydrogen-bond acceptors (Lipinski definition) is 3. The average molecular weight is 268 g/mol. The van der Waals surface area contributed by atoms with Crippen LogP contribution in [-0.4, -0.2) is 24.7 Å². The van der Waals surface area contributed by atoms with Gasteiger partial charge in [0.25, 0.3) is 0 Å². The van der Waals surface area contributed by atoms with E-state index in [9.17, 15) is 9.18 Å². The summed E-state index contributed by atoms with van der Waals surface area (Å²) in [5.74, 6) is 0.119. The molecule has 0 unspecified atom stereocenters. The first-order valence-electron chi connectivity index (χ1n) is 6.03. The summed E-state index contributed by atoms with van der Waals surface area (Å²) in [6.45, 7) is 0.625. The molecule has 1 saturated carbocycles. The topological polar surface area (TPSA) is 41.1 Å². The summed E-state index contributed by atoms with van der Waals surface area (Å²) in [6.07, 6.45) is 2.17. The van der Waals surface area contributed by atoms with Gasteiger partial charge in [-0.15, -0.1) is 11.8 Å². The average Bonchev–Trinajstić information content (AvgIpc) is 3.10. The van der Waals surface area contributed by atoms with Crippen LogP contribution in [0.25, 0.3) is 0 Å². The van der Waals surface area contributed by atoms with Gasteiger partial charge in [0.1, 0.15) is 5.82 Å². The maximum atomic E-state index is 13.4. The molecule has 3 nitrogen and oxygen atoms in total. The van der Waals surface area contributed by atoms with E-state index in [0.717, 1.165) is 23.3 Å². The van der Waals surface area contributed by atoms with Gasteiger partial charge in [0.2, 0.25) is 5.91 Å². The fourth-order valence-corrected chi connectivity index (χ4v) is 2.47. The van der Waals surface area contributed by atoms with Crippen molar-refractivity contribution < 1.29 is 9.18 Å². The molecule has 0 saturated heterocycles. The molecule has 1 aromatic carbocycles. The monoisotopic (exact) mass is 268 g/mol. The minimum Gasteiger partial charge on any atom is -0.353 e. The van der Waals surface area contributed by atoms with Crippen LogP contribution in [0.2, 0.25) is 0 Å². The molecule has 1 aliphatic carbocycles. The number of benzene rings is 1. The smallest absolute Gasteiger partial charge is 0.230 e. The maximum Gasteiger partial charge on any atom is 0.230 e. The van der Waals surface area contributed by atoms with E-state index in [-0.39, 0.29) is 11.7 Å².